The molecule has 1 aromatic heterocycles. The van der Waals surface area contributed by atoms with Crippen LogP contribution in [0.5, 0.6) is 0 Å². The molecule has 0 radical (unpaired) electrons. The highest BCUT2D eigenvalue weighted by Gasteiger charge is 1.90. The van der Waals surface area contributed by atoms with E-state index in [1.807, 2.05) is 0 Å². The highest BCUT2D eigenvalue weighted by molar-refractivity contribution is 9.10. The minimum absolute atomic E-state index is 1.18. The van der Waals surface area contributed by atoms with E-state index in [0.717, 1.165) is 0 Å². The second-order valence-corrected chi connectivity index (χ2v) is 4.57. The van der Waals surface area contributed by atoms with Gasteiger partial charge < -0.3 is 0 Å². The lowest BCUT2D eigenvalue weighted by molar-refractivity contribution is 0.816. The highest BCUT2D eigenvalue weighted by Crippen LogP contribution is 2.20. The topological polar surface area (TPSA) is 0 Å². The molecular formula is C10H13BrS. The molecule has 0 aliphatic heterocycles. The van der Waals surface area contributed by atoms with E-state index in [9.17, 15) is 0 Å². The van der Waals surface area contributed by atoms with Crippen molar-refractivity contribution in [2.24, 2.45) is 0 Å². The van der Waals surface area contributed by atoms with Gasteiger partial charge >= 0.3 is 0 Å². The average molecular weight is 245 g/mol. The van der Waals surface area contributed by atoms with Crippen molar-refractivity contribution in [2.45, 2.75) is 26.2 Å². The molecule has 0 aromatic carbocycles. The summed E-state index contributed by atoms with van der Waals surface area (Å²) in [4.78, 5) is 1.33. The first-order valence-electron chi connectivity index (χ1n) is 4.23. The molecule has 0 unspecified atom stereocenters. The highest BCUT2D eigenvalue weighted by atomic mass is 79.9. The summed E-state index contributed by atoms with van der Waals surface area (Å²) < 4.78 is 1.18. The third-order valence-electron chi connectivity index (χ3n) is 1.59. The molecule has 0 aliphatic carbocycles. The average Bonchev–Trinajstić information content (AvgIpc) is 2.45. The van der Waals surface area contributed by atoms with Crippen LogP contribution in [0.4, 0.5) is 0 Å². The molecule has 1 aromatic rings. The number of halogens is 1. The molecule has 0 amide bonds. The molecule has 0 aliphatic rings. The lowest BCUT2D eigenvalue weighted by Crippen LogP contribution is -1.65. The number of hydrogen-bond donors (Lipinski definition) is 0. The van der Waals surface area contributed by atoms with Gasteiger partial charge in [-0.15, -0.1) is 11.3 Å². The first kappa shape index (κ1) is 10.0. The summed E-state index contributed by atoms with van der Waals surface area (Å²) in [5, 5.41) is 2.11. The molecule has 12 heavy (non-hydrogen) atoms. The standard InChI is InChI=1S/C10H13BrS/c1-2-3-4-5-6-10-7-9(11)8-12-10/h5-8H,2-4H2,1H3/b6-5+. The van der Waals surface area contributed by atoms with Crippen LogP contribution in [0, 0.1) is 0 Å². The summed E-state index contributed by atoms with van der Waals surface area (Å²) >= 11 is 5.21. The fourth-order valence-corrected chi connectivity index (χ4v) is 2.30. The first-order valence-corrected chi connectivity index (χ1v) is 5.90. The van der Waals surface area contributed by atoms with E-state index in [-0.39, 0.29) is 0 Å². The van der Waals surface area contributed by atoms with Crippen molar-refractivity contribution in [3.05, 3.63) is 26.9 Å². The van der Waals surface area contributed by atoms with Crippen LogP contribution < -0.4 is 0 Å². The van der Waals surface area contributed by atoms with Gasteiger partial charge in [-0.3, -0.25) is 0 Å². The molecule has 0 fully saturated rings. The van der Waals surface area contributed by atoms with E-state index in [2.05, 4.69) is 46.5 Å². The Kier molecular flexibility index (Phi) is 4.62. The Balaban J connectivity index is 2.36. The zero-order valence-corrected chi connectivity index (χ0v) is 9.62. The first-order chi connectivity index (χ1) is 5.83. The molecule has 0 saturated carbocycles. The van der Waals surface area contributed by atoms with E-state index < -0.39 is 0 Å². The van der Waals surface area contributed by atoms with Crippen molar-refractivity contribution in [3.63, 3.8) is 0 Å². The van der Waals surface area contributed by atoms with Gasteiger partial charge in [-0.2, -0.15) is 0 Å². The van der Waals surface area contributed by atoms with Crippen LogP contribution in [-0.4, -0.2) is 0 Å². The largest absolute Gasteiger partial charge is 0.143 e. The molecule has 0 spiro atoms. The monoisotopic (exact) mass is 244 g/mol. The van der Waals surface area contributed by atoms with Gasteiger partial charge in [-0.05, 0) is 34.5 Å². The minimum Gasteiger partial charge on any atom is -0.143 e. The molecule has 0 bridgehead atoms. The molecule has 0 N–H and O–H groups in total. The predicted molar refractivity (Wildman–Crippen MR) is 60.6 cm³/mol. The van der Waals surface area contributed by atoms with Crippen LogP contribution in [0.25, 0.3) is 6.08 Å². The van der Waals surface area contributed by atoms with Crippen LogP contribution in [-0.2, 0) is 0 Å². The number of hydrogen-bond acceptors (Lipinski definition) is 1. The van der Waals surface area contributed by atoms with Gasteiger partial charge in [-0.1, -0.05) is 25.8 Å². The fourth-order valence-electron chi connectivity index (χ4n) is 0.937. The Labute approximate surface area is 86.4 Å². The van der Waals surface area contributed by atoms with Crippen molar-refractivity contribution in [1.82, 2.24) is 0 Å². The Morgan fingerprint density at radius 3 is 3.00 bits per heavy atom. The van der Waals surface area contributed by atoms with Crippen LogP contribution in [0.3, 0.4) is 0 Å². The summed E-state index contributed by atoms with van der Waals surface area (Å²) in [5.74, 6) is 0. The van der Waals surface area contributed by atoms with Gasteiger partial charge in [0.05, 0.1) is 0 Å². The van der Waals surface area contributed by atoms with E-state index in [1.165, 1.54) is 28.6 Å². The van der Waals surface area contributed by atoms with Gasteiger partial charge in [0, 0.05) is 14.7 Å². The summed E-state index contributed by atoms with van der Waals surface area (Å²) in [6.45, 7) is 2.22. The molecule has 0 atom stereocenters. The molecule has 0 saturated heterocycles. The molecule has 2 heteroatoms. The molecule has 0 nitrogen and oxygen atoms in total. The van der Waals surface area contributed by atoms with Gasteiger partial charge in [0.2, 0.25) is 0 Å². The molecular weight excluding hydrogens is 232 g/mol. The van der Waals surface area contributed by atoms with E-state index in [0.29, 0.717) is 0 Å². The van der Waals surface area contributed by atoms with Gasteiger partial charge in [0.25, 0.3) is 0 Å². The van der Waals surface area contributed by atoms with Gasteiger partial charge in [0.15, 0.2) is 0 Å². The maximum absolute atomic E-state index is 3.43. The maximum Gasteiger partial charge on any atom is 0.0288 e. The van der Waals surface area contributed by atoms with Crippen LogP contribution in [0.2, 0.25) is 0 Å². The quantitative estimate of drug-likeness (QED) is 0.673. The van der Waals surface area contributed by atoms with Crippen molar-refractivity contribution in [1.29, 1.82) is 0 Å². The fraction of sp³-hybridized carbons (Fsp3) is 0.400. The summed E-state index contributed by atoms with van der Waals surface area (Å²) in [6, 6.07) is 2.15. The second-order valence-electron chi connectivity index (χ2n) is 2.71. The third-order valence-corrected chi connectivity index (χ3v) is 3.25. The SMILES string of the molecule is CCCC/C=C/c1cc(Br)cs1. The zero-order valence-electron chi connectivity index (χ0n) is 7.22. The Bertz CT molecular complexity index is 250. The number of unbranched alkanes of at least 4 members (excludes halogenated alkanes) is 2. The number of thiophene rings is 1. The summed E-state index contributed by atoms with van der Waals surface area (Å²) in [5.41, 5.74) is 0. The Hall–Kier alpha value is -0.0800. The van der Waals surface area contributed by atoms with E-state index in [4.69, 9.17) is 0 Å². The van der Waals surface area contributed by atoms with E-state index >= 15 is 0 Å². The van der Waals surface area contributed by atoms with Crippen LogP contribution in [0.15, 0.2) is 22.0 Å². The van der Waals surface area contributed by atoms with Crippen molar-refractivity contribution >= 4 is 33.3 Å². The number of allylic oxidation sites excluding steroid dienone is 1. The molecule has 1 heterocycles. The maximum atomic E-state index is 3.43. The predicted octanol–water partition coefficient (Wildman–Crippen LogP) is 4.71. The van der Waals surface area contributed by atoms with E-state index in [1.54, 1.807) is 11.3 Å². The third kappa shape index (κ3) is 3.55. The lowest BCUT2D eigenvalue weighted by atomic mass is 10.2. The van der Waals surface area contributed by atoms with Crippen molar-refractivity contribution in [2.75, 3.05) is 0 Å². The smallest absolute Gasteiger partial charge is 0.0288 e. The zero-order chi connectivity index (χ0) is 8.81. The summed E-state index contributed by atoms with van der Waals surface area (Å²) in [6.07, 6.45) is 8.22. The van der Waals surface area contributed by atoms with Crippen molar-refractivity contribution < 1.29 is 0 Å². The molecule has 1 rings (SSSR count). The van der Waals surface area contributed by atoms with Gasteiger partial charge in [-0.25, -0.2) is 0 Å². The number of rotatable bonds is 4. The Morgan fingerprint density at radius 2 is 2.42 bits per heavy atom. The minimum atomic E-state index is 1.18. The van der Waals surface area contributed by atoms with Crippen LogP contribution >= 0.6 is 27.3 Å². The van der Waals surface area contributed by atoms with Gasteiger partial charge in [0.1, 0.15) is 0 Å². The normalized spacial score (nSPS) is 11.2. The van der Waals surface area contributed by atoms with Crippen LogP contribution in [0.1, 0.15) is 31.1 Å². The second kappa shape index (κ2) is 5.55. The molecule has 66 valence electrons. The van der Waals surface area contributed by atoms with Crippen molar-refractivity contribution in [3.8, 4) is 0 Å². The Morgan fingerprint density at radius 1 is 1.58 bits per heavy atom. The summed E-state index contributed by atoms with van der Waals surface area (Å²) in [7, 11) is 0. The lowest BCUT2D eigenvalue weighted by Gasteiger charge is -1.87.